The van der Waals surface area contributed by atoms with Gasteiger partial charge in [0.2, 0.25) is 0 Å². The molecule has 0 saturated carbocycles. The van der Waals surface area contributed by atoms with Crippen molar-refractivity contribution >= 4 is 11.4 Å². The minimum atomic E-state index is 0. The summed E-state index contributed by atoms with van der Waals surface area (Å²) < 4.78 is 0. The molecule has 1 aromatic carbocycles. The maximum Gasteiger partial charge on any atom is 0.0367 e. The van der Waals surface area contributed by atoms with E-state index < -0.39 is 0 Å². The summed E-state index contributed by atoms with van der Waals surface area (Å²) in [6.45, 7) is 1.80. The maximum absolute atomic E-state index is 7.45. The van der Waals surface area contributed by atoms with E-state index in [2.05, 4.69) is 0 Å². The van der Waals surface area contributed by atoms with Gasteiger partial charge in [-0.3, -0.25) is 0 Å². The van der Waals surface area contributed by atoms with Gasteiger partial charge in [0, 0.05) is 25.5 Å². The number of hydrogen-bond donors (Lipinski definition) is 1. The molecule has 3 heteroatoms. The molecule has 0 aliphatic heterocycles. The summed E-state index contributed by atoms with van der Waals surface area (Å²) in [5, 5.41) is 7.45. The normalized spacial score (nSPS) is 8.85. The van der Waals surface area contributed by atoms with Gasteiger partial charge in [-0.2, -0.15) is 0 Å². The van der Waals surface area contributed by atoms with Crippen LogP contribution in [0, 0.1) is 5.41 Å². The zero-order valence-electron chi connectivity index (χ0n) is 8.26. The zero-order valence-corrected chi connectivity index (χ0v) is 8.26. The van der Waals surface area contributed by atoms with Crippen molar-refractivity contribution in [2.24, 2.45) is 0 Å². The highest BCUT2D eigenvalue weighted by Crippen LogP contribution is 2.13. The van der Waals surface area contributed by atoms with Crippen LogP contribution in [0.5, 0.6) is 0 Å². The fourth-order valence-electron chi connectivity index (χ4n) is 1.02. The summed E-state index contributed by atoms with van der Waals surface area (Å²) in [7, 11) is 4.00. The van der Waals surface area contributed by atoms with E-state index in [-0.39, 0.29) is 5.48 Å². The van der Waals surface area contributed by atoms with Gasteiger partial charge in [-0.1, -0.05) is 12.1 Å². The number of hydrogen-bond acceptors (Lipinski definition) is 2. The molecular formula is C10H16N2O. The van der Waals surface area contributed by atoms with Gasteiger partial charge >= 0.3 is 0 Å². The Morgan fingerprint density at radius 3 is 2.38 bits per heavy atom. The topological polar surface area (TPSA) is 58.6 Å². The van der Waals surface area contributed by atoms with E-state index in [9.17, 15) is 0 Å². The van der Waals surface area contributed by atoms with Crippen LogP contribution >= 0.6 is 0 Å². The first-order valence-corrected chi connectivity index (χ1v) is 3.94. The second-order valence-corrected chi connectivity index (χ2v) is 3.07. The van der Waals surface area contributed by atoms with Gasteiger partial charge in [0.1, 0.15) is 0 Å². The predicted octanol–water partition coefficient (Wildman–Crippen LogP) is 1.32. The van der Waals surface area contributed by atoms with Crippen molar-refractivity contribution in [2.75, 3.05) is 19.0 Å². The third kappa shape index (κ3) is 2.87. The summed E-state index contributed by atoms with van der Waals surface area (Å²) in [6.07, 6.45) is 0. The van der Waals surface area contributed by atoms with E-state index in [1.165, 1.54) is 0 Å². The summed E-state index contributed by atoms with van der Waals surface area (Å²) in [5.41, 5.74) is 2.74. The molecule has 0 spiro atoms. The Hall–Kier alpha value is -1.35. The van der Waals surface area contributed by atoms with Crippen LogP contribution in [0.1, 0.15) is 12.5 Å². The first-order valence-electron chi connectivity index (χ1n) is 3.94. The summed E-state index contributed by atoms with van der Waals surface area (Å²) in [6, 6.07) is 7.98. The summed E-state index contributed by atoms with van der Waals surface area (Å²) in [5.74, 6) is 0. The SMILES string of the molecule is CC(=N)c1cccc(N(C)C)c1.O. The van der Waals surface area contributed by atoms with E-state index in [4.69, 9.17) is 5.41 Å². The lowest BCUT2D eigenvalue weighted by Crippen LogP contribution is -2.09. The fourth-order valence-corrected chi connectivity index (χ4v) is 1.02. The van der Waals surface area contributed by atoms with Crippen LogP contribution in [0.15, 0.2) is 24.3 Å². The van der Waals surface area contributed by atoms with Crippen molar-refractivity contribution in [1.82, 2.24) is 0 Å². The third-order valence-corrected chi connectivity index (χ3v) is 1.80. The minimum absolute atomic E-state index is 0. The van der Waals surface area contributed by atoms with Crippen LogP contribution in [-0.2, 0) is 0 Å². The van der Waals surface area contributed by atoms with Crippen LogP contribution < -0.4 is 4.90 Å². The van der Waals surface area contributed by atoms with Crippen molar-refractivity contribution in [2.45, 2.75) is 6.92 Å². The van der Waals surface area contributed by atoms with E-state index in [1.54, 1.807) is 6.92 Å². The largest absolute Gasteiger partial charge is 0.412 e. The smallest absolute Gasteiger partial charge is 0.0367 e. The lowest BCUT2D eigenvalue weighted by atomic mass is 10.1. The molecule has 13 heavy (non-hydrogen) atoms. The minimum Gasteiger partial charge on any atom is -0.412 e. The van der Waals surface area contributed by atoms with E-state index in [1.807, 2.05) is 43.3 Å². The van der Waals surface area contributed by atoms with Gasteiger partial charge in [-0.25, -0.2) is 0 Å². The Labute approximate surface area is 78.8 Å². The highest BCUT2D eigenvalue weighted by atomic mass is 16.0. The molecule has 0 radical (unpaired) electrons. The molecule has 3 N–H and O–H groups in total. The second kappa shape index (κ2) is 4.62. The van der Waals surface area contributed by atoms with Crippen LogP contribution in [0.3, 0.4) is 0 Å². The Morgan fingerprint density at radius 1 is 1.31 bits per heavy atom. The monoisotopic (exact) mass is 180 g/mol. The summed E-state index contributed by atoms with van der Waals surface area (Å²) in [4.78, 5) is 2.03. The predicted molar refractivity (Wildman–Crippen MR) is 56.9 cm³/mol. The van der Waals surface area contributed by atoms with Crippen molar-refractivity contribution in [1.29, 1.82) is 5.41 Å². The van der Waals surface area contributed by atoms with Gasteiger partial charge < -0.3 is 15.8 Å². The molecule has 0 fully saturated rings. The Balaban J connectivity index is 0.00000144. The van der Waals surface area contributed by atoms with Crippen molar-refractivity contribution < 1.29 is 5.48 Å². The molecule has 0 bridgehead atoms. The molecule has 0 atom stereocenters. The molecule has 3 nitrogen and oxygen atoms in total. The molecule has 0 saturated heterocycles. The van der Waals surface area contributed by atoms with Gasteiger partial charge in [0.05, 0.1) is 0 Å². The third-order valence-electron chi connectivity index (χ3n) is 1.80. The number of nitrogens with one attached hydrogen (secondary N) is 1. The highest BCUT2D eigenvalue weighted by molar-refractivity contribution is 5.97. The quantitative estimate of drug-likeness (QED) is 0.685. The van der Waals surface area contributed by atoms with E-state index in [0.29, 0.717) is 5.71 Å². The molecule has 0 heterocycles. The molecule has 0 amide bonds. The van der Waals surface area contributed by atoms with Crippen molar-refractivity contribution in [3.63, 3.8) is 0 Å². The number of nitrogens with zero attached hydrogens (tertiary/aromatic N) is 1. The Kier molecular flexibility index (Phi) is 4.14. The molecular weight excluding hydrogens is 164 g/mol. The highest BCUT2D eigenvalue weighted by Gasteiger charge is 1.97. The maximum atomic E-state index is 7.45. The second-order valence-electron chi connectivity index (χ2n) is 3.07. The molecule has 0 aliphatic rings. The first-order chi connectivity index (χ1) is 5.61. The lowest BCUT2D eigenvalue weighted by molar-refractivity contribution is 0.824. The number of rotatable bonds is 2. The number of anilines is 1. The van der Waals surface area contributed by atoms with Gasteiger partial charge in [-0.15, -0.1) is 0 Å². The fraction of sp³-hybridized carbons (Fsp3) is 0.300. The molecule has 1 aromatic rings. The summed E-state index contributed by atoms with van der Waals surface area (Å²) >= 11 is 0. The average molecular weight is 180 g/mol. The van der Waals surface area contributed by atoms with E-state index >= 15 is 0 Å². The molecule has 72 valence electrons. The Morgan fingerprint density at radius 2 is 1.92 bits per heavy atom. The molecule has 0 aromatic heterocycles. The van der Waals surface area contributed by atoms with Crippen molar-refractivity contribution in [3.05, 3.63) is 29.8 Å². The van der Waals surface area contributed by atoms with Crippen LogP contribution in [0.25, 0.3) is 0 Å². The van der Waals surface area contributed by atoms with Crippen LogP contribution in [0.2, 0.25) is 0 Å². The van der Waals surface area contributed by atoms with Gasteiger partial charge in [-0.05, 0) is 24.6 Å². The van der Waals surface area contributed by atoms with E-state index in [0.717, 1.165) is 11.3 Å². The van der Waals surface area contributed by atoms with Crippen LogP contribution in [-0.4, -0.2) is 25.3 Å². The molecule has 0 unspecified atom stereocenters. The molecule has 0 aliphatic carbocycles. The average Bonchev–Trinajstić information content (AvgIpc) is 2.04. The lowest BCUT2D eigenvalue weighted by Gasteiger charge is -2.12. The van der Waals surface area contributed by atoms with Gasteiger partial charge in [0.25, 0.3) is 0 Å². The van der Waals surface area contributed by atoms with Gasteiger partial charge in [0.15, 0.2) is 0 Å². The first kappa shape index (κ1) is 11.6. The van der Waals surface area contributed by atoms with Crippen molar-refractivity contribution in [3.8, 4) is 0 Å². The number of benzene rings is 1. The zero-order chi connectivity index (χ0) is 9.14. The molecule has 1 rings (SSSR count). The standard InChI is InChI=1S/C10H14N2.H2O/c1-8(11)9-5-4-6-10(7-9)12(2)3;/h4-7,11H,1-3H3;1H2. The van der Waals surface area contributed by atoms with Crippen LogP contribution in [0.4, 0.5) is 5.69 Å². The Bertz CT molecular complexity index is 295.